The molecule has 0 amide bonds. The fourth-order valence-electron chi connectivity index (χ4n) is 3.81. The number of hydrogen-bond donors (Lipinski definition) is 3. The van der Waals surface area contributed by atoms with Gasteiger partial charge in [-0.15, -0.1) is 0 Å². The largest absolute Gasteiger partial charge is 0.355 e. The molecule has 1 unspecified atom stereocenters. The van der Waals surface area contributed by atoms with Gasteiger partial charge < -0.3 is 14.9 Å². The van der Waals surface area contributed by atoms with Crippen LogP contribution in [0.2, 0.25) is 0 Å². The minimum atomic E-state index is -0.135. The minimum absolute atomic E-state index is 0.135. The van der Waals surface area contributed by atoms with Gasteiger partial charge in [0, 0.05) is 24.8 Å². The van der Waals surface area contributed by atoms with Gasteiger partial charge in [-0.2, -0.15) is 0 Å². The third-order valence-corrected chi connectivity index (χ3v) is 5.20. The predicted molar refractivity (Wildman–Crippen MR) is 80.4 cm³/mol. The van der Waals surface area contributed by atoms with Crippen molar-refractivity contribution in [3.8, 4) is 0 Å². The van der Waals surface area contributed by atoms with Gasteiger partial charge in [-0.05, 0) is 49.9 Å². The number of nitrogens with zero attached hydrogens (tertiary/aromatic N) is 1. The normalized spacial score (nSPS) is 29.1. The second-order valence-corrected chi connectivity index (χ2v) is 6.38. The van der Waals surface area contributed by atoms with Gasteiger partial charge in [0.05, 0.1) is 5.52 Å². The molecule has 5 nitrogen and oxygen atoms in total. The first-order valence-electron chi connectivity index (χ1n) is 7.28. The zero-order valence-corrected chi connectivity index (χ0v) is 12.0. The van der Waals surface area contributed by atoms with E-state index in [1.807, 2.05) is 6.07 Å². The molecular weight excluding hydrogens is 272 g/mol. The number of aromatic amines is 2. The van der Waals surface area contributed by atoms with Gasteiger partial charge in [0.1, 0.15) is 5.52 Å². The molecule has 3 fully saturated rings. The first kappa shape index (κ1) is 12.3. The average molecular weight is 290 g/mol. The minimum Gasteiger partial charge on any atom is -0.355 e. The SMILES string of the molecule is O=c1[nH]c(=S)n(CC2NC3CCC2CC3)c2cc[nH]c12. The number of fused-ring (bicyclic) bond motifs is 4. The third-order valence-electron chi connectivity index (χ3n) is 4.88. The lowest BCUT2D eigenvalue weighted by Gasteiger charge is -2.43. The lowest BCUT2D eigenvalue weighted by molar-refractivity contribution is 0.136. The van der Waals surface area contributed by atoms with Crippen molar-refractivity contribution in [1.82, 2.24) is 19.9 Å². The molecule has 1 aliphatic carbocycles. The zero-order valence-electron chi connectivity index (χ0n) is 11.2. The van der Waals surface area contributed by atoms with E-state index < -0.39 is 0 Å². The summed E-state index contributed by atoms with van der Waals surface area (Å²) in [6.07, 6.45) is 7.03. The standard InChI is InChI=1S/C14H18N4OS/c19-13-12-11(5-6-15-12)18(14(20)17-13)7-10-8-1-3-9(16-10)4-2-8/h5-6,8-10,15-16H,1-4,7H2,(H,17,19,20). The van der Waals surface area contributed by atoms with Gasteiger partial charge in [0.25, 0.3) is 5.56 Å². The van der Waals surface area contributed by atoms with E-state index in [9.17, 15) is 4.79 Å². The maximum Gasteiger partial charge on any atom is 0.276 e. The van der Waals surface area contributed by atoms with Crippen molar-refractivity contribution in [2.45, 2.75) is 44.3 Å². The summed E-state index contributed by atoms with van der Waals surface area (Å²) in [5.41, 5.74) is 1.38. The summed E-state index contributed by atoms with van der Waals surface area (Å²) < 4.78 is 2.58. The molecule has 6 heteroatoms. The van der Waals surface area contributed by atoms with Crippen LogP contribution in [0.4, 0.5) is 0 Å². The fraction of sp³-hybridized carbons (Fsp3) is 0.571. The first-order chi connectivity index (χ1) is 9.72. The number of rotatable bonds is 2. The number of H-pyrrole nitrogens is 2. The molecule has 2 saturated heterocycles. The van der Waals surface area contributed by atoms with Crippen molar-refractivity contribution in [2.24, 2.45) is 5.92 Å². The zero-order chi connectivity index (χ0) is 13.7. The molecule has 0 spiro atoms. The molecule has 2 aromatic heterocycles. The molecule has 106 valence electrons. The van der Waals surface area contributed by atoms with Crippen molar-refractivity contribution in [2.75, 3.05) is 0 Å². The van der Waals surface area contributed by atoms with Crippen molar-refractivity contribution in [1.29, 1.82) is 0 Å². The molecule has 0 aromatic carbocycles. The number of nitrogens with one attached hydrogen (secondary N) is 3. The van der Waals surface area contributed by atoms with Crippen LogP contribution < -0.4 is 10.9 Å². The fourth-order valence-corrected chi connectivity index (χ4v) is 4.08. The topological polar surface area (TPSA) is 65.6 Å². The Morgan fingerprint density at radius 2 is 2.10 bits per heavy atom. The number of piperidine rings is 2. The molecule has 2 aliphatic heterocycles. The van der Waals surface area contributed by atoms with Gasteiger partial charge in [0.2, 0.25) is 0 Å². The quantitative estimate of drug-likeness (QED) is 0.740. The van der Waals surface area contributed by atoms with E-state index in [4.69, 9.17) is 12.2 Å². The summed E-state index contributed by atoms with van der Waals surface area (Å²) in [6.45, 7) is 0.838. The van der Waals surface area contributed by atoms with Gasteiger partial charge in [-0.25, -0.2) is 0 Å². The molecule has 3 N–H and O–H groups in total. The third kappa shape index (κ3) is 1.86. The first-order valence-corrected chi connectivity index (χ1v) is 7.69. The molecule has 2 bridgehead atoms. The van der Waals surface area contributed by atoms with Crippen LogP contribution in [-0.2, 0) is 6.54 Å². The molecule has 3 aliphatic rings. The summed E-state index contributed by atoms with van der Waals surface area (Å²) in [7, 11) is 0. The van der Waals surface area contributed by atoms with Crippen molar-refractivity contribution in [3.63, 3.8) is 0 Å². The van der Waals surface area contributed by atoms with Gasteiger partial charge in [0.15, 0.2) is 4.77 Å². The summed E-state index contributed by atoms with van der Waals surface area (Å²) in [4.78, 5) is 17.6. The van der Waals surface area contributed by atoms with Crippen LogP contribution in [0.1, 0.15) is 25.7 Å². The molecule has 1 atom stereocenters. The van der Waals surface area contributed by atoms with Crippen LogP contribution in [-0.4, -0.2) is 26.6 Å². The van der Waals surface area contributed by atoms with E-state index in [0.29, 0.717) is 22.4 Å². The summed E-state index contributed by atoms with van der Waals surface area (Å²) >= 11 is 5.35. The smallest absolute Gasteiger partial charge is 0.276 e. The van der Waals surface area contributed by atoms with Gasteiger partial charge >= 0.3 is 0 Å². The maximum atomic E-state index is 11.9. The summed E-state index contributed by atoms with van der Waals surface area (Å²) in [6, 6.07) is 3.07. The molecule has 20 heavy (non-hydrogen) atoms. The number of hydrogen-bond acceptors (Lipinski definition) is 3. The van der Waals surface area contributed by atoms with Crippen LogP contribution in [0.15, 0.2) is 17.1 Å². The Labute approximate surface area is 121 Å². The van der Waals surface area contributed by atoms with E-state index in [2.05, 4.69) is 19.9 Å². The second kappa shape index (κ2) is 4.56. The van der Waals surface area contributed by atoms with Crippen LogP contribution in [0.3, 0.4) is 0 Å². The lowest BCUT2D eigenvalue weighted by Crippen LogP contribution is -2.53. The Balaban J connectivity index is 1.74. The Kier molecular flexibility index (Phi) is 2.82. The molecule has 1 saturated carbocycles. The van der Waals surface area contributed by atoms with Crippen LogP contribution in [0.5, 0.6) is 0 Å². The van der Waals surface area contributed by atoms with Crippen molar-refractivity contribution in [3.05, 3.63) is 27.4 Å². The highest BCUT2D eigenvalue weighted by molar-refractivity contribution is 7.71. The average Bonchev–Trinajstić information content (AvgIpc) is 2.94. The van der Waals surface area contributed by atoms with Crippen molar-refractivity contribution < 1.29 is 0 Å². The Morgan fingerprint density at radius 3 is 2.80 bits per heavy atom. The maximum absolute atomic E-state index is 11.9. The van der Waals surface area contributed by atoms with E-state index in [1.165, 1.54) is 25.7 Å². The molecule has 5 rings (SSSR count). The van der Waals surface area contributed by atoms with Crippen LogP contribution in [0, 0.1) is 10.7 Å². The summed E-state index contributed by atoms with van der Waals surface area (Å²) in [5.74, 6) is 0.739. The van der Waals surface area contributed by atoms with Crippen molar-refractivity contribution >= 4 is 23.3 Å². The molecule has 0 radical (unpaired) electrons. The summed E-state index contributed by atoms with van der Waals surface area (Å²) in [5, 5.41) is 3.73. The van der Waals surface area contributed by atoms with E-state index in [1.54, 1.807) is 6.20 Å². The highest BCUT2D eigenvalue weighted by atomic mass is 32.1. The Morgan fingerprint density at radius 1 is 1.30 bits per heavy atom. The van der Waals surface area contributed by atoms with Crippen LogP contribution >= 0.6 is 12.2 Å². The van der Waals surface area contributed by atoms with Crippen LogP contribution in [0.25, 0.3) is 11.0 Å². The lowest BCUT2D eigenvalue weighted by atomic mass is 9.76. The number of aromatic nitrogens is 3. The van der Waals surface area contributed by atoms with E-state index in [-0.39, 0.29) is 5.56 Å². The Hall–Kier alpha value is -1.40. The highest BCUT2D eigenvalue weighted by Gasteiger charge is 2.35. The van der Waals surface area contributed by atoms with Gasteiger partial charge in [-0.1, -0.05) is 0 Å². The molecular formula is C14H18N4OS. The van der Waals surface area contributed by atoms with E-state index >= 15 is 0 Å². The second-order valence-electron chi connectivity index (χ2n) is 5.99. The van der Waals surface area contributed by atoms with Gasteiger partial charge in [-0.3, -0.25) is 9.78 Å². The van der Waals surface area contributed by atoms with E-state index in [0.717, 1.165) is 18.0 Å². The monoisotopic (exact) mass is 290 g/mol. The highest BCUT2D eigenvalue weighted by Crippen LogP contribution is 2.33. The molecule has 4 heterocycles. The Bertz CT molecular complexity index is 750. The predicted octanol–water partition coefficient (Wildman–Crippen LogP) is 1.92. The molecule has 2 aromatic rings.